The molecule has 3 N–H and O–H groups in total. The fourth-order valence-corrected chi connectivity index (χ4v) is 3.78. The number of nitrogens with zero attached hydrogens (tertiary/aromatic N) is 6. The Kier molecular flexibility index (Phi) is 6.83. The van der Waals surface area contributed by atoms with Crippen LogP contribution in [0.15, 0.2) is 43.4 Å². The molecule has 1 aliphatic rings. The highest BCUT2D eigenvalue weighted by Gasteiger charge is 2.38. The Labute approximate surface area is 210 Å². The molecular formula is C23H24F3N9O2. The third-order valence-corrected chi connectivity index (χ3v) is 5.36. The molecule has 0 radical (unpaired) electrons. The van der Waals surface area contributed by atoms with Gasteiger partial charge in [-0.25, -0.2) is 9.97 Å². The fraction of sp³-hybridized carbons (Fsp3) is 0.304. The number of halogens is 3. The van der Waals surface area contributed by atoms with Gasteiger partial charge in [-0.05, 0) is 24.3 Å². The van der Waals surface area contributed by atoms with Crippen molar-refractivity contribution in [3.63, 3.8) is 0 Å². The molecule has 14 heteroatoms. The Hall–Kier alpha value is -4.49. The number of anilines is 6. The van der Waals surface area contributed by atoms with Gasteiger partial charge in [0.15, 0.2) is 12.4 Å². The van der Waals surface area contributed by atoms with E-state index in [4.69, 9.17) is 4.74 Å². The van der Waals surface area contributed by atoms with Gasteiger partial charge in [-0.15, -0.1) is 0 Å². The number of ether oxygens (including phenoxy) is 1. The highest BCUT2D eigenvalue weighted by molar-refractivity contribution is 6.01. The summed E-state index contributed by atoms with van der Waals surface area (Å²) in [7, 11) is 1.50. The van der Waals surface area contributed by atoms with Crippen LogP contribution in [0.5, 0.6) is 5.88 Å². The minimum atomic E-state index is -4.60. The average molecular weight is 516 g/mol. The molecule has 3 aromatic rings. The maximum Gasteiger partial charge on any atom is 0.422 e. The van der Waals surface area contributed by atoms with Crippen LogP contribution in [-0.4, -0.2) is 57.2 Å². The topological polar surface area (TPSA) is 130 Å². The average Bonchev–Trinajstić information content (AvgIpc) is 3.14. The minimum Gasteiger partial charge on any atom is -0.466 e. The van der Waals surface area contributed by atoms with E-state index in [9.17, 15) is 18.0 Å². The second-order valence-electron chi connectivity index (χ2n) is 8.66. The Balaban J connectivity index is 1.70. The molecule has 194 valence electrons. The van der Waals surface area contributed by atoms with E-state index in [0.29, 0.717) is 12.5 Å². The van der Waals surface area contributed by atoms with E-state index in [1.165, 1.54) is 19.4 Å². The van der Waals surface area contributed by atoms with E-state index < -0.39 is 18.7 Å². The molecule has 3 aromatic heterocycles. The Morgan fingerprint density at radius 1 is 1.24 bits per heavy atom. The summed E-state index contributed by atoms with van der Waals surface area (Å²) in [5.41, 5.74) is 1.63. The van der Waals surface area contributed by atoms with Gasteiger partial charge in [0.1, 0.15) is 12.0 Å². The lowest BCUT2D eigenvalue weighted by Gasteiger charge is -2.20. The number of hydrogen-bond donors (Lipinski definition) is 3. The number of alkyl halides is 3. The number of aromatic nitrogens is 5. The normalized spacial score (nSPS) is 14.1. The number of pyridine rings is 2. The third kappa shape index (κ3) is 5.68. The summed E-state index contributed by atoms with van der Waals surface area (Å²) in [5.74, 6) is -0.499. The van der Waals surface area contributed by atoms with Crippen molar-refractivity contribution in [3.05, 3.63) is 49.1 Å². The van der Waals surface area contributed by atoms with Crippen molar-refractivity contribution in [1.82, 2.24) is 24.9 Å². The van der Waals surface area contributed by atoms with Crippen LogP contribution in [0.1, 0.15) is 19.5 Å². The summed E-state index contributed by atoms with van der Waals surface area (Å²) in [6.45, 7) is 6.48. The van der Waals surface area contributed by atoms with Crippen molar-refractivity contribution >= 4 is 40.7 Å². The zero-order valence-corrected chi connectivity index (χ0v) is 20.2. The molecule has 11 nitrogen and oxygen atoms in total. The summed E-state index contributed by atoms with van der Waals surface area (Å²) >= 11 is 0. The molecule has 4 heterocycles. The summed E-state index contributed by atoms with van der Waals surface area (Å²) in [6.07, 6.45) is -0.558. The molecule has 4 rings (SSSR count). The zero-order chi connectivity index (χ0) is 26.8. The van der Waals surface area contributed by atoms with Crippen LogP contribution in [0.3, 0.4) is 0 Å². The third-order valence-electron chi connectivity index (χ3n) is 5.36. The molecule has 0 atom stereocenters. The van der Waals surface area contributed by atoms with Crippen molar-refractivity contribution < 1.29 is 22.7 Å². The number of carbonyl (C=O) groups is 1. The first-order valence-corrected chi connectivity index (χ1v) is 11.1. The number of hydrogen-bond acceptors (Lipinski definition) is 10. The lowest BCUT2D eigenvalue weighted by atomic mass is 9.91. The molecule has 0 saturated carbocycles. The van der Waals surface area contributed by atoms with Crippen molar-refractivity contribution in [2.24, 2.45) is 0 Å². The van der Waals surface area contributed by atoms with Gasteiger partial charge in [0.2, 0.25) is 23.7 Å². The maximum atomic E-state index is 12.9. The standard InChI is InChI=1S/C23H24F3N9O2/c1-5-16(36)31-13-9-14(19(33-18(13)27-4)37-11-23(24,25)26)32-20-29-12-30-21(34-20)35-10-22(2,3)17-15(35)7-6-8-28-17/h5-9,12H,1,10-11H2,2-4H3,(H,27,33)(H,31,36)(H,29,30,32,34). The van der Waals surface area contributed by atoms with Crippen LogP contribution in [0.4, 0.5) is 47.9 Å². The van der Waals surface area contributed by atoms with E-state index in [1.807, 2.05) is 17.0 Å². The second kappa shape index (κ2) is 9.87. The molecular weight excluding hydrogens is 491 g/mol. The number of nitrogens with one attached hydrogen (secondary N) is 3. The highest BCUT2D eigenvalue weighted by atomic mass is 19.4. The predicted molar refractivity (Wildman–Crippen MR) is 132 cm³/mol. The number of fused-ring (bicyclic) bond motifs is 1. The largest absolute Gasteiger partial charge is 0.466 e. The highest BCUT2D eigenvalue weighted by Crippen LogP contribution is 2.42. The SMILES string of the molecule is C=CC(=O)Nc1cc(Nc2ncnc(N3CC(C)(C)c4ncccc43)n2)c(OCC(F)(F)F)nc1NC. The van der Waals surface area contributed by atoms with Gasteiger partial charge in [0.05, 0.1) is 17.1 Å². The van der Waals surface area contributed by atoms with Gasteiger partial charge >= 0.3 is 6.18 Å². The Morgan fingerprint density at radius 3 is 2.73 bits per heavy atom. The number of rotatable bonds is 8. The molecule has 1 aliphatic heterocycles. The maximum absolute atomic E-state index is 12.9. The molecule has 0 saturated heterocycles. The molecule has 0 fully saturated rings. The van der Waals surface area contributed by atoms with Gasteiger partial charge in [-0.2, -0.15) is 23.1 Å². The van der Waals surface area contributed by atoms with E-state index >= 15 is 0 Å². The lowest BCUT2D eigenvalue weighted by molar-refractivity contribution is -0.153. The monoisotopic (exact) mass is 515 g/mol. The molecule has 37 heavy (non-hydrogen) atoms. The van der Waals surface area contributed by atoms with Crippen LogP contribution < -0.4 is 25.6 Å². The van der Waals surface area contributed by atoms with Gasteiger partial charge in [0.25, 0.3) is 0 Å². The van der Waals surface area contributed by atoms with Crippen molar-refractivity contribution in [2.75, 3.05) is 41.0 Å². The van der Waals surface area contributed by atoms with E-state index in [2.05, 4.69) is 61.3 Å². The van der Waals surface area contributed by atoms with Crippen LogP contribution in [-0.2, 0) is 10.2 Å². The first kappa shape index (κ1) is 25.6. The van der Waals surface area contributed by atoms with E-state index in [1.54, 1.807) is 6.20 Å². The van der Waals surface area contributed by atoms with Gasteiger partial charge in [0, 0.05) is 25.2 Å². The molecule has 0 bridgehead atoms. The molecule has 1 amide bonds. The Bertz CT molecular complexity index is 1330. The second-order valence-corrected chi connectivity index (χ2v) is 8.66. The van der Waals surface area contributed by atoms with Crippen LogP contribution in [0.2, 0.25) is 0 Å². The Morgan fingerprint density at radius 2 is 2.03 bits per heavy atom. The van der Waals surface area contributed by atoms with Crippen LogP contribution in [0.25, 0.3) is 0 Å². The summed E-state index contributed by atoms with van der Waals surface area (Å²) in [5, 5.41) is 8.09. The van der Waals surface area contributed by atoms with Crippen molar-refractivity contribution in [1.29, 1.82) is 0 Å². The van der Waals surface area contributed by atoms with Crippen LogP contribution in [0, 0.1) is 0 Å². The smallest absolute Gasteiger partial charge is 0.422 e. The van der Waals surface area contributed by atoms with Gasteiger partial charge in [-0.3, -0.25) is 9.78 Å². The lowest BCUT2D eigenvalue weighted by Crippen LogP contribution is -2.26. The first-order valence-electron chi connectivity index (χ1n) is 11.1. The molecule has 0 aromatic carbocycles. The van der Waals surface area contributed by atoms with Crippen LogP contribution >= 0.6 is 0 Å². The zero-order valence-electron chi connectivity index (χ0n) is 20.2. The number of amides is 1. The van der Waals surface area contributed by atoms with E-state index in [-0.39, 0.29) is 34.4 Å². The molecule has 0 spiro atoms. The predicted octanol–water partition coefficient (Wildman–Crippen LogP) is 3.94. The van der Waals surface area contributed by atoms with Gasteiger partial charge < -0.3 is 25.6 Å². The first-order chi connectivity index (χ1) is 17.5. The molecule has 0 aliphatic carbocycles. The van der Waals surface area contributed by atoms with Crippen molar-refractivity contribution in [3.8, 4) is 5.88 Å². The molecule has 0 unspecified atom stereocenters. The summed E-state index contributed by atoms with van der Waals surface area (Å²) in [6, 6.07) is 5.07. The van der Waals surface area contributed by atoms with Crippen molar-refractivity contribution in [2.45, 2.75) is 25.4 Å². The van der Waals surface area contributed by atoms with Gasteiger partial charge in [-0.1, -0.05) is 20.4 Å². The number of carbonyl (C=O) groups excluding carboxylic acids is 1. The quantitative estimate of drug-likeness (QED) is 0.379. The summed E-state index contributed by atoms with van der Waals surface area (Å²) in [4.78, 5) is 35.2. The van der Waals surface area contributed by atoms with E-state index in [0.717, 1.165) is 17.5 Å². The fourth-order valence-electron chi connectivity index (χ4n) is 3.78. The minimum absolute atomic E-state index is 0.0106. The summed E-state index contributed by atoms with van der Waals surface area (Å²) < 4.78 is 43.6.